The summed E-state index contributed by atoms with van der Waals surface area (Å²) in [4.78, 5) is 13.6. The number of pyridine rings is 1. The number of halogens is 1. The highest BCUT2D eigenvalue weighted by molar-refractivity contribution is 6.30. The number of hydrogen-bond donors (Lipinski definition) is 0. The van der Waals surface area contributed by atoms with Crippen LogP contribution < -0.4 is 0 Å². The van der Waals surface area contributed by atoms with Gasteiger partial charge in [-0.2, -0.15) is 5.26 Å². The third-order valence-electron chi connectivity index (χ3n) is 1.23. The second-order valence-electron chi connectivity index (χ2n) is 2.06. The molecule has 0 unspecified atom stereocenters. The van der Waals surface area contributed by atoms with E-state index >= 15 is 0 Å². The molecule has 0 atom stereocenters. The Bertz CT molecular complexity index is 437. The molecule has 1 aromatic heterocycles. The molecule has 0 amide bonds. The summed E-state index contributed by atoms with van der Waals surface area (Å²) in [6, 6.07) is 3.34. The highest BCUT2D eigenvalue weighted by Gasteiger charge is 1.99. The molecule has 62 valence electrons. The summed E-state index contributed by atoms with van der Waals surface area (Å²) >= 11 is 5.58. The molecule has 1 rings (SSSR count). The van der Waals surface area contributed by atoms with Gasteiger partial charge in [-0.05, 0) is 12.0 Å². The molecule has 13 heavy (non-hydrogen) atoms. The summed E-state index contributed by atoms with van der Waals surface area (Å²) in [7, 11) is 0. The molecule has 0 spiro atoms. The van der Waals surface area contributed by atoms with Gasteiger partial charge in [0.2, 0.25) is 0 Å². The van der Waals surface area contributed by atoms with Crippen LogP contribution in [0.25, 0.3) is 0 Å². The first kappa shape index (κ1) is 9.25. The molecule has 0 saturated heterocycles. The van der Waals surface area contributed by atoms with E-state index in [0.29, 0.717) is 11.8 Å². The first-order valence-electron chi connectivity index (χ1n) is 3.28. The number of carbonyl (C=O) groups is 1. The normalized spacial score (nSPS) is 8.00. The van der Waals surface area contributed by atoms with Crippen molar-refractivity contribution in [2.75, 3.05) is 0 Å². The lowest BCUT2D eigenvalue weighted by Crippen LogP contribution is -1.85. The molecule has 0 N–H and O–H groups in total. The first-order valence-corrected chi connectivity index (χ1v) is 3.66. The van der Waals surface area contributed by atoms with Gasteiger partial charge in [0.05, 0.1) is 5.56 Å². The van der Waals surface area contributed by atoms with E-state index in [4.69, 9.17) is 16.9 Å². The second kappa shape index (κ2) is 4.25. The Balaban J connectivity index is 3.15. The van der Waals surface area contributed by atoms with E-state index in [1.807, 2.05) is 6.07 Å². The Hall–Kier alpha value is -1.84. The van der Waals surface area contributed by atoms with Crippen molar-refractivity contribution in [2.45, 2.75) is 0 Å². The Labute approximate surface area is 80.0 Å². The lowest BCUT2D eigenvalue weighted by Gasteiger charge is -1.93. The average molecular weight is 191 g/mol. The Morgan fingerprint density at radius 2 is 2.38 bits per heavy atom. The summed E-state index contributed by atoms with van der Waals surface area (Å²) in [5.41, 5.74) is 0.743. The van der Waals surface area contributed by atoms with Crippen LogP contribution in [0.15, 0.2) is 12.3 Å². The smallest absolute Gasteiger partial charge is 0.193 e. The van der Waals surface area contributed by atoms with E-state index in [-0.39, 0.29) is 10.7 Å². The van der Waals surface area contributed by atoms with Crippen molar-refractivity contribution in [3.63, 3.8) is 0 Å². The molecule has 0 radical (unpaired) electrons. The molecule has 1 aromatic rings. The van der Waals surface area contributed by atoms with Crippen molar-refractivity contribution in [1.82, 2.24) is 4.98 Å². The number of hydrogen-bond acceptors (Lipinski definition) is 3. The Morgan fingerprint density at radius 1 is 1.62 bits per heavy atom. The summed E-state index contributed by atoms with van der Waals surface area (Å²) in [5.74, 6) is 4.72. The number of carbonyl (C=O) groups excluding carboxylic acids is 1. The van der Waals surface area contributed by atoms with Gasteiger partial charge < -0.3 is 0 Å². The molecule has 0 aliphatic rings. The quantitative estimate of drug-likeness (QED) is 0.350. The van der Waals surface area contributed by atoms with Gasteiger partial charge in [0.15, 0.2) is 6.29 Å². The summed E-state index contributed by atoms with van der Waals surface area (Å²) < 4.78 is 0. The minimum Gasteiger partial charge on any atom is -0.289 e. The SMILES string of the molecule is N#Cc1cc(C#CC=O)cnc1Cl. The van der Waals surface area contributed by atoms with Crippen LogP contribution in [-0.4, -0.2) is 11.3 Å². The van der Waals surface area contributed by atoms with Crippen LogP contribution in [0.2, 0.25) is 5.15 Å². The van der Waals surface area contributed by atoms with Gasteiger partial charge in [-0.3, -0.25) is 4.79 Å². The van der Waals surface area contributed by atoms with Crippen LogP contribution in [0, 0.1) is 23.2 Å². The highest BCUT2D eigenvalue weighted by atomic mass is 35.5. The molecule has 3 nitrogen and oxygen atoms in total. The fourth-order valence-corrected chi connectivity index (χ4v) is 0.853. The summed E-state index contributed by atoms with van der Waals surface area (Å²) in [5, 5.41) is 8.71. The Morgan fingerprint density at radius 3 is 3.00 bits per heavy atom. The minimum atomic E-state index is 0.138. The maximum atomic E-state index is 9.91. The lowest BCUT2D eigenvalue weighted by molar-refractivity contribution is -0.103. The van der Waals surface area contributed by atoms with Crippen LogP contribution >= 0.6 is 11.6 Å². The summed E-state index contributed by atoms with van der Waals surface area (Å²) in [6.07, 6.45) is 1.88. The van der Waals surface area contributed by atoms with Gasteiger partial charge in [0.1, 0.15) is 11.2 Å². The van der Waals surface area contributed by atoms with Crippen molar-refractivity contribution in [2.24, 2.45) is 0 Å². The van der Waals surface area contributed by atoms with Crippen molar-refractivity contribution in [3.8, 4) is 17.9 Å². The zero-order valence-corrected chi connectivity index (χ0v) is 7.17. The molecular weight excluding hydrogens is 188 g/mol. The van der Waals surface area contributed by atoms with E-state index in [0.717, 1.165) is 0 Å². The van der Waals surface area contributed by atoms with Crippen LogP contribution in [0.1, 0.15) is 11.1 Å². The first-order chi connectivity index (χ1) is 6.27. The van der Waals surface area contributed by atoms with Gasteiger partial charge in [-0.1, -0.05) is 17.5 Å². The fourth-order valence-electron chi connectivity index (χ4n) is 0.708. The molecule has 0 aliphatic carbocycles. The van der Waals surface area contributed by atoms with E-state index in [2.05, 4.69) is 16.8 Å². The number of rotatable bonds is 0. The zero-order valence-electron chi connectivity index (χ0n) is 6.41. The van der Waals surface area contributed by atoms with E-state index < -0.39 is 0 Å². The van der Waals surface area contributed by atoms with E-state index in [1.54, 1.807) is 0 Å². The predicted molar refractivity (Wildman–Crippen MR) is 46.9 cm³/mol. The largest absolute Gasteiger partial charge is 0.289 e. The standard InChI is InChI=1S/C9H3ClN2O/c10-9-8(5-11)4-7(6-12-9)2-1-3-13/h3-4,6H. The van der Waals surface area contributed by atoms with Crippen molar-refractivity contribution in [1.29, 1.82) is 5.26 Å². The maximum absolute atomic E-state index is 9.91. The van der Waals surface area contributed by atoms with Crippen molar-refractivity contribution in [3.05, 3.63) is 28.5 Å². The van der Waals surface area contributed by atoms with Crippen LogP contribution in [-0.2, 0) is 4.79 Å². The van der Waals surface area contributed by atoms with Gasteiger partial charge >= 0.3 is 0 Å². The van der Waals surface area contributed by atoms with Gasteiger partial charge in [0.25, 0.3) is 0 Å². The third kappa shape index (κ3) is 2.30. The van der Waals surface area contributed by atoms with E-state index in [1.165, 1.54) is 12.3 Å². The number of aldehydes is 1. The zero-order chi connectivity index (χ0) is 9.68. The molecule has 4 heteroatoms. The highest BCUT2D eigenvalue weighted by Crippen LogP contribution is 2.11. The van der Waals surface area contributed by atoms with Gasteiger partial charge in [0, 0.05) is 11.8 Å². The number of nitriles is 1. The monoisotopic (exact) mass is 190 g/mol. The summed E-state index contributed by atoms with van der Waals surface area (Å²) in [6.45, 7) is 0. The van der Waals surface area contributed by atoms with Crippen LogP contribution in [0.3, 0.4) is 0 Å². The molecule has 0 bridgehead atoms. The third-order valence-corrected chi connectivity index (χ3v) is 1.54. The van der Waals surface area contributed by atoms with Gasteiger partial charge in [-0.15, -0.1) is 0 Å². The average Bonchev–Trinajstić information content (AvgIpc) is 2.16. The number of nitrogens with zero attached hydrogens (tertiary/aromatic N) is 2. The maximum Gasteiger partial charge on any atom is 0.193 e. The minimum absolute atomic E-state index is 0.138. The predicted octanol–water partition coefficient (Wildman–Crippen LogP) is 1.16. The molecule has 1 heterocycles. The van der Waals surface area contributed by atoms with Crippen LogP contribution in [0.4, 0.5) is 0 Å². The Kier molecular flexibility index (Phi) is 3.03. The molecule has 0 saturated carbocycles. The van der Waals surface area contributed by atoms with Crippen molar-refractivity contribution >= 4 is 17.9 Å². The van der Waals surface area contributed by atoms with Crippen molar-refractivity contribution < 1.29 is 4.79 Å². The van der Waals surface area contributed by atoms with Gasteiger partial charge in [-0.25, -0.2) is 4.98 Å². The fraction of sp³-hybridized carbons (Fsp3) is 0. The molecule has 0 aliphatic heterocycles. The van der Waals surface area contributed by atoms with Crippen LogP contribution in [0.5, 0.6) is 0 Å². The topological polar surface area (TPSA) is 53.8 Å². The lowest BCUT2D eigenvalue weighted by atomic mass is 10.2. The molecule has 0 fully saturated rings. The molecule has 0 aromatic carbocycles. The molecular formula is C9H3ClN2O. The number of aromatic nitrogens is 1. The second-order valence-corrected chi connectivity index (χ2v) is 2.42. The van der Waals surface area contributed by atoms with E-state index in [9.17, 15) is 4.79 Å².